The van der Waals surface area contributed by atoms with E-state index < -0.39 is 0 Å². The first-order valence-corrected chi connectivity index (χ1v) is 6.45. The summed E-state index contributed by atoms with van der Waals surface area (Å²) in [6.07, 6.45) is -0.0127. The summed E-state index contributed by atoms with van der Waals surface area (Å²) in [6.45, 7) is 4.76. The van der Waals surface area contributed by atoms with Crippen LogP contribution in [0.2, 0.25) is 0 Å². The summed E-state index contributed by atoms with van der Waals surface area (Å²) < 4.78 is 10.6. The highest BCUT2D eigenvalue weighted by molar-refractivity contribution is 5.92. The lowest BCUT2D eigenvalue weighted by Gasteiger charge is -2.38. The first-order valence-electron chi connectivity index (χ1n) is 6.45. The van der Waals surface area contributed by atoms with Crippen LogP contribution in [-0.2, 0) is 0 Å². The number of rotatable bonds is 3. The summed E-state index contributed by atoms with van der Waals surface area (Å²) in [5.74, 6) is 1.10. The van der Waals surface area contributed by atoms with Crippen LogP contribution in [0.1, 0.15) is 21.9 Å². The highest BCUT2D eigenvalue weighted by Crippen LogP contribution is 2.18. The van der Waals surface area contributed by atoms with Gasteiger partial charge < -0.3 is 14.2 Å². The molecule has 104 valence electrons. The van der Waals surface area contributed by atoms with Gasteiger partial charge in [0.05, 0.1) is 13.1 Å². The summed E-state index contributed by atoms with van der Waals surface area (Å²) in [4.78, 5) is 18.0. The predicted molar refractivity (Wildman–Crippen MR) is 70.5 cm³/mol. The molecule has 20 heavy (non-hydrogen) atoms. The number of likely N-dealkylation sites (tertiary alicyclic amines) is 1. The Morgan fingerprint density at radius 2 is 2.20 bits per heavy atom. The van der Waals surface area contributed by atoms with Gasteiger partial charge in [-0.3, -0.25) is 4.79 Å². The van der Waals surface area contributed by atoms with Crippen molar-refractivity contribution < 1.29 is 14.1 Å². The second kappa shape index (κ2) is 4.96. The van der Waals surface area contributed by atoms with E-state index in [0.717, 1.165) is 5.69 Å². The fourth-order valence-corrected chi connectivity index (χ4v) is 2.06. The van der Waals surface area contributed by atoms with Gasteiger partial charge in [0.2, 0.25) is 5.88 Å². The van der Waals surface area contributed by atoms with E-state index in [1.54, 1.807) is 17.9 Å². The van der Waals surface area contributed by atoms with Gasteiger partial charge in [-0.15, -0.1) is 0 Å². The highest BCUT2D eigenvalue weighted by atomic mass is 16.5. The number of carbonyl (C=O) groups is 1. The van der Waals surface area contributed by atoms with Crippen molar-refractivity contribution in [3.8, 4) is 5.88 Å². The Labute approximate surface area is 116 Å². The molecular formula is C14H15N3O3. The van der Waals surface area contributed by atoms with Gasteiger partial charge in [-0.25, -0.2) is 4.98 Å². The Bertz CT molecular complexity index is 632. The number of nitrogens with zero attached hydrogens (tertiary/aromatic N) is 3. The Morgan fingerprint density at radius 3 is 2.85 bits per heavy atom. The number of hydrogen-bond donors (Lipinski definition) is 0. The third-order valence-corrected chi connectivity index (χ3v) is 3.13. The number of aromatic nitrogens is 2. The Morgan fingerprint density at radius 1 is 1.40 bits per heavy atom. The van der Waals surface area contributed by atoms with E-state index in [-0.39, 0.29) is 12.0 Å². The average Bonchev–Trinajstić information content (AvgIpc) is 2.79. The fourth-order valence-electron chi connectivity index (χ4n) is 2.06. The molecule has 3 rings (SSSR count). The number of aryl methyl sites for hydroxylation is 2. The molecule has 6 nitrogen and oxygen atoms in total. The number of carbonyl (C=O) groups excluding carboxylic acids is 1. The Kier molecular flexibility index (Phi) is 3.14. The number of hydrogen-bond acceptors (Lipinski definition) is 5. The predicted octanol–water partition coefficient (Wildman–Crippen LogP) is 1.59. The molecule has 0 unspecified atom stereocenters. The smallest absolute Gasteiger partial charge is 0.276 e. The van der Waals surface area contributed by atoms with Crippen LogP contribution in [-0.4, -0.2) is 40.1 Å². The molecule has 0 spiro atoms. The zero-order chi connectivity index (χ0) is 14.1. The maximum absolute atomic E-state index is 12.0. The van der Waals surface area contributed by atoms with Crippen LogP contribution in [0.4, 0.5) is 0 Å². The van der Waals surface area contributed by atoms with Gasteiger partial charge in [0.25, 0.3) is 5.91 Å². The molecule has 1 aliphatic heterocycles. The minimum atomic E-state index is -0.126. The molecule has 6 heteroatoms. The number of amides is 1. The van der Waals surface area contributed by atoms with E-state index in [2.05, 4.69) is 10.1 Å². The molecule has 0 bridgehead atoms. The van der Waals surface area contributed by atoms with Crippen LogP contribution in [0.25, 0.3) is 0 Å². The molecule has 2 aromatic heterocycles. The van der Waals surface area contributed by atoms with Gasteiger partial charge in [-0.05, 0) is 19.9 Å². The highest BCUT2D eigenvalue weighted by Gasteiger charge is 2.34. The van der Waals surface area contributed by atoms with Gasteiger partial charge in [0, 0.05) is 17.8 Å². The minimum absolute atomic E-state index is 0.0127. The number of pyridine rings is 1. The van der Waals surface area contributed by atoms with Crippen LogP contribution in [0, 0.1) is 13.8 Å². The normalized spacial score (nSPS) is 15.0. The van der Waals surface area contributed by atoms with Crippen molar-refractivity contribution in [1.82, 2.24) is 15.0 Å². The van der Waals surface area contributed by atoms with Crippen molar-refractivity contribution >= 4 is 5.91 Å². The van der Waals surface area contributed by atoms with Crippen LogP contribution in [0.5, 0.6) is 5.88 Å². The molecule has 2 aromatic rings. The van der Waals surface area contributed by atoms with E-state index in [9.17, 15) is 4.79 Å². The van der Waals surface area contributed by atoms with E-state index in [0.29, 0.717) is 30.4 Å². The van der Waals surface area contributed by atoms with Crippen molar-refractivity contribution in [3.05, 3.63) is 41.4 Å². The third kappa shape index (κ3) is 2.49. The minimum Gasteiger partial charge on any atom is -0.471 e. The van der Waals surface area contributed by atoms with E-state index in [4.69, 9.17) is 9.26 Å². The molecule has 1 aliphatic rings. The molecule has 0 aromatic carbocycles. The molecule has 3 heterocycles. The maximum atomic E-state index is 12.0. The summed E-state index contributed by atoms with van der Waals surface area (Å²) in [5.41, 5.74) is 1.25. The Balaban J connectivity index is 1.55. The summed E-state index contributed by atoms with van der Waals surface area (Å²) in [7, 11) is 0. The summed E-state index contributed by atoms with van der Waals surface area (Å²) >= 11 is 0. The fraction of sp³-hybridized carbons (Fsp3) is 0.357. The quantitative estimate of drug-likeness (QED) is 0.849. The van der Waals surface area contributed by atoms with Gasteiger partial charge in [-0.1, -0.05) is 11.2 Å². The largest absolute Gasteiger partial charge is 0.471 e. The van der Waals surface area contributed by atoms with E-state index >= 15 is 0 Å². The summed E-state index contributed by atoms with van der Waals surface area (Å²) in [6, 6.07) is 7.27. The monoisotopic (exact) mass is 273 g/mol. The van der Waals surface area contributed by atoms with Crippen molar-refractivity contribution in [1.29, 1.82) is 0 Å². The van der Waals surface area contributed by atoms with Gasteiger partial charge in [0.15, 0.2) is 5.69 Å². The first kappa shape index (κ1) is 12.7. The van der Waals surface area contributed by atoms with Crippen LogP contribution >= 0.6 is 0 Å². The topological polar surface area (TPSA) is 68.5 Å². The lowest BCUT2D eigenvalue weighted by molar-refractivity contribution is 0.0152. The molecule has 1 fully saturated rings. The SMILES string of the molecule is Cc1cccc(OC2CN(C(=O)c3cc(C)on3)C2)n1. The standard InChI is InChI=1S/C14H15N3O3/c1-9-4-3-5-13(15-9)19-11-7-17(8-11)14(18)12-6-10(2)20-16-12/h3-6,11H,7-8H2,1-2H3. The van der Waals surface area contributed by atoms with Gasteiger partial charge in [0.1, 0.15) is 11.9 Å². The molecular weight excluding hydrogens is 258 g/mol. The molecule has 1 amide bonds. The molecule has 0 radical (unpaired) electrons. The maximum Gasteiger partial charge on any atom is 0.276 e. The average molecular weight is 273 g/mol. The molecule has 0 aliphatic carbocycles. The van der Waals surface area contributed by atoms with E-state index in [1.165, 1.54) is 0 Å². The van der Waals surface area contributed by atoms with Crippen LogP contribution < -0.4 is 4.74 Å². The van der Waals surface area contributed by atoms with E-state index in [1.807, 2.05) is 25.1 Å². The van der Waals surface area contributed by atoms with Crippen molar-refractivity contribution in [2.75, 3.05) is 13.1 Å². The number of ether oxygens (including phenoxy) is 1. The second-order valence-electron chi connectivity index (χ2n) is 4.89. The van der Waals surface area contributed by atoms with Crippen molar-refractivity contribution in [2.45, 2.75) is 20.0 Å². The first-order chi connectivity index (χ1) is 9.61. The zero-order valence-corrected chi connectivity index (χ0v) is 11.4. The Hall–Kier alpha value is -2.37. The third-order valence-electron chi connectivity index (χ3n) is 3.13. The zero-order valence-electron chi connectivity index (χ0n) is 11.4. The van der Waals surface area contributed by atoms with Crippen LogP contribution in [0.3, 0.4) is 0 Å². The molecule has 1 saturated heterocycles. The van der Waals surface area contributed by atoms with Crippen LogP contribution in [0.15, 0.2) is 28.8 Å². The van der Waals surface area contributed by atoms with Gasteiger partial charge >= 0.3 is 0 Å². The van der Waals surface area contributed by atoms with Crippen molar-refractivity contribution in [3.63, 3.8) is 0 Å². The summed E-state index contributed by atoms with van der Waals surface area (Å²) in [5, 5.41) is 3.72. The molecule has 0 atom stereocenters. The van der Waals surface area contributed by atoms with Gasteiger partial charge in [-0.2, -0.15) is 0 Å². The lowest BCUT2D eigenvalue weighted by Crippen LogP contribution is -2.56. The molecule has 0 saturated carbocycles. The second-order valence-corrected chi connectivity index (χ2v) is 4.89. The molecule has 0 N–H and O–H groups in total. The lowest BCUT2D eigenvalue weighted by atomic mass is 10.1. The van der Waals surface area contributed by atoms with Crippen molar-refractivity contribution in [2.24, 2.45) is 0 Å².